The van der Waals surface area contributed by atoms with Crippen LogP contribution in [0.5, 0.6) is 0 Å². The molecule has 0 saturated carbocycles. The number of rotatable bonds is 2. The normalized spacial score (nSPS) is 9.22. The Morgan fingerprint density at radius 3 is 1.89 bits per heavy atom. The van der Waals surface area contributed by atoms with Gasteiger partial charge in [-0.2, -0.15) is 0 Å². The minimum Gasteiger partial charge on any atom is 0 e. The Morgan fingerprint density at radius 1 is 1.56 bits per heavy atom. The van der Waals surface area contributed by atoms with Crippen molar-refractivity contribution in [3.8, 4) is 0 Å². The smallest absolute Gasteiger partial charge is 0 e. The maximum Gasteiger partial charge on any atom is 0 e. The molecule has 8 heteroatoms. The topological polar surface area (TPSA) is 66.8 Å². The fraction of sp³-hybridized carbons (Fsp3) is 1.00. The Hall–Kier alpha value is 1.62. The van der Waals surface area contributed by atoms with E-state index in [1.165, 1.54) is 0 Å². The first-order chi connectivity index (χ1) is 3.06. The summed E-state index contributed by atoms with van der Waals surface area (Å²) in [5, 5.41) is 0. The number of halogens is 1. The van der Waals surface area contributed by atoms with Crippen molar-refractivity contribution in [1.82, 2.24) is 0 Å². The van der Waals surface area contributed by atoms with Crippen molar-refractivity contribution in [3.63, 3.8) is 0 Å². The number of alkyl halides is 1. The first kappa shape index (κ1) is 16.9. The molecule has 0 unspecified atom stereocenters. The second-order valence-corrected chi connectivity index (χ2v) is 1.97. The summed E-state index contributed by atoms with van der Waals surface area (Å²) in [5.74, 6) is 0. The summed E-state index contributed by atoms with van der Waals surface area (Å²) in [7, 11) is -4.54. The molecule has 9 heavy (non-hydrogen) atoms. The van der Waals surface area contributed by atoms with Crippen LogP contribution in [0.1, 0.15) is 0 Å². The molecule has 0 atom stereocenters. The quantitative estimate of drug-likeness (QED) is 0.465. The third-order valence-electron chi connectivity index (χ3n) is 0.217. The zero-order chi connectivity index (χ0) is 5.91. The van der Waals surface area contributed by atoms with Crippen LogP contribution in [0.2, 0.25) is 0 Å². The van der Waals surface area contributed by atoms with E-state index >= 15 is 0 Å². The standard InChI is InChI=1S/CH4FO4P.Na.V.H/c2-1-6-7(3,4)5;;;/h1H2,(H2,3,4,5);;;. The Morgan fingerprint density at radius 2 is 1.89 bits per heavy atom. The summed E-state index contributed by atoms with van der Waals surface area (Å²) in [6.45, 7) is -1.45. The summed E-state index contributed by atoms with van der Waals surface area (Å²) in [5.41, 5.74) is 0. The van der Waals surface area contributed by atoms with E-state index in [0.717, 1.165) is 0 Å². The molecule has 0 aliphatic heterocycles. The zero-order valence-corrected chi connectivity index (χ0v) is 5.98. The third kappa shape index (κ3) is 17.7. The van der Waals surface area contributed by atoms with E-state index in [2.05, 4.69) is 4.52 Å². The molecule has 0 aromatic rings. The molecule has 0 aromatic heterocycles. The Balaban J connectivity index is -0.000000180. The van der Waals surface area contributed by atoms with E-state index in [4.69, 9.17) is 9.79 Å². The van der Waals surface area contributed by atoms with Crippen LogP contribution in [-0.4, -0.2) is 46.2 Å². The van der Waals surface area contributed by atoms with Gasteiger partial charge >= 0.3 is 37.4 Å². The Labute approximate surface area is 85.6 Å². The zero-order valence-electron chi connectivity index (χ0n) is 3.69. The number of phosphoric ester groups is 1. The molecule has 0 spiro atoms. The van der Waals surface area contributed by atoms with Crippen LogP contribution in [0.25, 0.3) is 0 Å². The van der Waals surface area contributed by atoms with E-state index in [9.17, 15) is 8.96 Å². The van der Waals surface area contributed by atoms with Crippen molar-refractivity contribution in [2.75, 3.05) is 6.86 Å². The minimum atomic E-state index is -4.54. The van der Waals surface area contributed by atoms with Crippen LogP contribution >= 0.6 is 7.82 Å². The predicted octanol–water partition coefficient (Wildman–Crippen LogP) is -0.628. The predicted molar refractivity (Wildman–Crippen MR) is 26.3 cm³/mol. The van der Waals surface area contributed by atoms with Crippen LogP contribution in [-0.2, 0) is 27.6 Å². The van der Waals surface area contributed by atoms with Gasteiger partial charge in [0.25, 0.3) is 0 Å². The van der Waals surface area contributed by atoms with Crippen LogP contribution in [0.3, 0.4) is 0 Å². The summed E-state index contributed by atoms with van der Waals surface area (Å²) < 4.78 is 23.5. The molecule has 0 rings (SSSR count). The Bertz CT molecular complexity index is 94.6. The number of phosphoric acid groups is 1. The molecule has 4 nitrogen and oxygen atoms in total. The molecule has 1 radical (unpaired) electrons. The van der Waals surface area contributed by atoms with Crippen LogP contribution in [0.4, 0.5) is 4.39 Å². The van der Waals surface area contributed by atoms with Gasteiger partial charge in [-0.1, -0.05) is 0 Å². The Kier molecular flexibility index (Phi) is 14.5. The minimum absolute atomic E-state index is 0. The molecule has 0 aliphatic carbocycles. The van der Waals surface area contributed by atoms with E-state index in [1.807, 2.05) is 0 Å². The monoisotopic (exact) mass is 205 g/mol. The molecule has 0 fully saturated rings. The average Bonchev–Trinajstić information content (AvgIpc) is 1.30. The van der Waals surface area contributed by atoms with E-state index in [0.29, 0.717) is 0 Å². The second kappa shape index (κ2) is 7.73. The van der Waals surface area contributed by atoms with Gasteiger partial charge in [0.15, 0.2) is 6.86 Å². The second-order valence-electron chi connectivity index (χ2n) is 0.729. The largest absolute Gasteiger partial charge is 0 e. The van der Waals surface area contributed by atoms with Gasteiger partial charge in [0, 0.05) is 18.6 Å². The molecular weight excluding hydrogens is 200 g/mol. The molecule has 0 aromatic carbocycles. The maximum absolute atomic E-state index is 10.8. The van der Waals surface area contributed by atoms with Crippen molar-refractivity contribution in [2.24, 2.45) is 0 Å². The van der Waals surface area contributed by atoms with Crippen LogP contribution in [0.15, 0.2) is 0 Å². The molecule has 0 bridgehead atoms. The third-order valence-corrected chi connectivity index (χ3v) is 0.651. The van der Waals surface area contributed by atoms with Crippen molar-refractivity contribution in [1.29, 1.82) is 0 Å². The van der Waals surface area contributed by atoms with Gasteiger partial charge in [0.05, 0.1) is 0 Å². The van der Waals surface area contributed by atoms with Crippen molar-refractivity contribution >= 4 is 37.4 Å². The SMILES string of the molecule is O=P(O)(O)OCF.[NaH].[V]. The first-order valence-electron chi connectivity index (χ1n) is 1.32. The molecule has 0 amide bonds. The summed E-state index contributed by atoms with van der Waals surface area (Å²) in [4.78, 5) is 15.3. The fourth-order valence-corrected chi connectivity index (χ4v) is 0.191. The molecular formula is CH5FNaO4PV. The van der Waals surface area contributed by atoms with Gasteiger partial charge in [-0.3, -0.25) is 4.52 Å². The molecule has 0 heterocycles. The number of hydrogen-bond acceptors (Lipinski definition) is 2. The van der Waals surface area contributed by atoms with E-state index in [1.54, 1.807) is 0 Å². The van der Waals surface area contributed by atoms with Crippen LogP contribution < -0.4 is 0 Å². The van der Waals surface area contributed by atoms with Gasteiger partial charge < -0.3 is 9.79 Å². The summed E-state index contributed by atoms with van der Waals surface area (Å²) in [6.07, 6.45) is 0. The van der Waals surface area contributed by atoms with Gasteiger partial charge in [0.1, 0.15) is 0 Å². The first-order valence-corrected chi connectivity index (χ1v) is 2.85. The van der Waals surface area contributed by atoms with Gasteiger partial charge in [-0.15, -0.1) is 0 Å². The van der Waals surface area contributed by atoms with E-state index < -0.39 is 14.7 Å². The molecule has 2 N–H and O–H groups in total. The average molecular weight is 205 g/mol. The van der Waals surface area contributed by atoms with E-state index in [-0.39, 0.29) is 48.1 Å². The summed E-state index contributed by atoms with van der Waals surface area (Å²) in [6, 6.07) is 0. The molecule has 0 saturated heterocycles. The molecule has 51 valence electrons. The fourth-order valence-electron chi connectivity index (χ4n) is 0.0636. The van der Waals surface area contributed by atoms with Crippen molar-refractivity contribution < 1.29 is 41.8 Å². The number of hydrogen-bond donors (Lipinski definition) is 2. The summed E-state index contributed by atoms with van der Waals surface area (Å²) >= 11 is 0. The van der Waals surface area contributed by atoms with Crippen LogP contribution in [0, 0.1) is 0 Å². The maximum atomic E-state index is 10.8. The van der Waals surface area contributed by atoms with Gasteiger partial charge in [-0.25, -0.2) is 8.96 Å². The van der Waals surface area contributed by atoms with Gasteiger partial charge in [-0.05, 0) is 0 Å². The van der Waals surface area contributed by atoms with Crippen molar-refractivity contribution in [2.45, 2.75) is 0 Å². The molecule has 0 aliphatic rings. The van der Waals surface area contributed by atoms with Crippen molar-refractivity contribution in [3.05, 3.63) is 0 Å². The van der Waals surface area contributed by atoms with Gasteiger partial charge in [0.2, 0.25) is 0 Å².